The van der Waals surface area contributed by atoms with Gasteiger partial charge in [-0.05, 0) is 26.7 Å². The van der Waals surface area contributed by atoms with E-state index in [0.717, 1.165) is 6.42 Å². The van der Waals surface area contributed by atoms with E-state index in [1.807, 2.05) is 13.8 Å². The van der Waals surface area contributed by atoms with Crippen LogP contribution in [-0.2, 0) is 15.9 Å². The Morgan fingerprint density at radius 3 is 2.83 bits per heavy atom. The highest BCUT2D eigenvalue weighted by molar-refractivity contribution is 5.87. The van der Waals surface area contributed by atoms with E-state index < -0.39 is 5.97 Å². The Balaban J connectivity index is 2.20. The second kappa shape index (κ2) is 5.52. The molecule has 1 aliphatic rings. The molecule has 18 heavy (non-hydrogen) atoms. The molecule has 0 bridgehead atoms. The molecule has 2 heterocycles. The molecule has 0 aromatic carbocycles. The minimum atomic E-state index is -0.430. The highest BCUT2D eigenvalue weighted by Gasteiger charge is 2.30. The van der Waals surface area contributed by atoms with Crippen LogP contribution in [0, 0.1) is 0 Å². The summed E-state index contributed by atoms with van der Waals surface area (Å²) in [6.45, 7) is 6.68. The normalized spacial score (nSPS) is 23.3. The predicted molar refractivity (Wildman–Crippen MR) is 64.6 cm³/mol. The predicted octanol–water partition coefficient (Wildman–Crippen LogP) is 2.31. The average Bonchev–Trinajstić information content (AvgIpc) is 2.94. The van der Waals surface area contributed by atoms with Gasteiger partial charge in [-0.25, -0.2) is 9.78 Å². The van der Waals surface area contributed by atoms with E-state index in [1.165, 1.54) is 0 Å². The van der Waals surface area contributed by atoms with Gasteiger partial charge >= 0.3 is 5.97 Å². The monoisotopic (exact) mass is 253 g/mol. The van der Waals surface area contributed by atoms with E-state index in [1.54, 1.807) is 6.92 Å². The van der Waals surface area contributed by atoms with Crippen LogP contribution in [0.15, 0.2) is 4.42 Å². The number of hydrogen-bond donors (Lipinski definition) is 0. The maximum Gasteiger partial charge on any atom is 0.376 e. The Morgan fingerprint density at radius 1 is 1.50 bits per heavy atom. The molecule has 5 heteroatoms. The van der Waals surface area contributed by atoms with Crippen LogP contribution in [0.5, 0.6) is 0 Å². The van der Waals surface area contributed by atoms with Crippen molar-refractivity contribution in [3.63, 3.8) is 0 Å². The Morgan fingerprint density at radius 2 is 2.28 bits per heavy atom. The zero-order valence-electron chi connectivity index (χ0n) is 11.1. The minimum Gasteiger partial charge on any atom is -0.460 e. The molecule has 0 N–H and O–H groups in total. The lowest BCUT2D eigenvalue weighted by atomic mass is 10.1. The van der Waals surface area contributed by atoms with Crippen molar-refractivity contribution >= 4 is 5.97 Å². The number of aryl methyl sites for hydroxylation is 1. The number of carbonyl (C=O) groups excluding carboxylic acids is 1. The van der Waals surface area contributed by atoms with Crippen molar-refractivity contribution in [1.82, 2.24) is 4.98 Å². The van der Waals surface area contributed by atoms with Gasteiger partial charge in [0.05, 0.1) is 30.9 Å². The van der Waals surface area contributed by atoms with Crippen LogP contribution in [-0.4, -0.2) is 30.3 Å². The summed E-state index contributed by atoms with van der Waals surface area (Å²) in [6, 6.07) is 0. The van der Waals surface area contributed by atoms with Gasteiger partial charge in [0.15, 0.2) is 0 Å². The number of hydrogen-bond acceptors (Lipinski definition) is 5. The summed E-state index contributed by atoms with van der Waals surface area (Å²) in [5.41, 5.74) is 0.669. The molecule has 0 saturated carbocycles. The van der Waals surface area contributed by atoms with Crippen LogP contribution in [0.4, 0.5) is 0 Å². The van der Waals surface area contributed by atoms with Crippen molar-refractivity contribution in [2.24, 2.45) is 0 Å². The molecule has 1 aromatic heterocycles. The summed E-state index contributed by atoms with van der Waals surface area (Å²) in [7, 11) is 0. The summed E-state index contributed by atoms with van der Waals surface area (Å²) in [5.74, 6) is 0.557. The number of ether oxygens (including phenoxy) is 2. The van der Waals surface area contributed by atoms with Gasteiger partial charge in [0.2, 0.25) is 11.7 Å². The summed E-state index contributed by atoms with van der Waals surface area (Å²) < 4.78 is 16.0. The van der Waals surface area contributed by atoms with Gasteiger partial charge in [0.1, 0.15) is 0 Å². The molecule has 1 fully saturated rings. The van der Waals surface area contributed by atoms with Gasteiger partial charge in [0, 0.05) is 0 Å². The average molecular weight is 253 g/mol. The third-order valence-electron chi connectivity index (χ3n) is 3.06. The first-order valence-corrected chi connectivity index (χ1v) is 6.44. The quantitative estimate of drug-likeness (QED) is 0.770. The largest absolute Gasteiger partial charge is 0.460 e. The number of aromatic nitrogens is 1. The van der Waals surface area contributed by atoms with Crippen LogP contribution < -0.4 is 0 Å². The number of carbonyl (C=O) groups is 1. The summed E-state index contributed by atoms with van der Waals surface area (Å²) in [6.07, 6.45) is 1.75. The van der Waals surface area contributed by atoms with Crippen molar-refractivity contribution in [2.45, 2.75) is 45.6 Å². The molecule has 0 amide bonds. The molecule has 0 aliphatic carbocycles. The maximum absolute atomic E-state index is 11.7. The SMILES string of the molecule is CCOC(=O)c1oc(C2COC(C)C2)nc1CC. The summed E-state index contributed by atoms with van der Waals surface area (Å²) in [4.78, 5) is 16.1. The highest BCUT2D eigenvalue weighted by atomic mass is 16.5. The fraction of sp³-hybridized carbons (Fsp3) is 0.692. The smallest absolute Gasteiger partial charge is 0.376 e. The molecule has 0 spiro atoms. The van der Waals surface area contributed by atoms with Gasteiger partial charge in [-0.3, -0.25) is 0 Å². The molecular weight excluding hydrogens is 234 g/mol. The first kappa shape index (κ1) is 13.1. The molecule has 100 valence electrons. The van der Waals surface area contributed by atoms with E-state index in [4.69, 9.17) is 13.9 Å². The molecule has 2 rings (SSSR count). The van der Waals surface area contributed by atoms with Crippen LogP contribution in [0.1, 0.15) is 55.2 Å². The topological polar surface area (TPSA) is 61.6 Å². The molecule has 5 nitrogen and oxygen atoms in total. The summed E-state index contributed by atoms with van der Waals surface area (Å²) >= 11 is 0. The molecular formula is C13H19NO4. The molecule has 1 saturated heterocycles. The fourth-order valence-corrected chi connectivity index (χ4v) is 2.13. The van der Waals surface area contributed by atoms with E-state index in [0.29, 0.717) is 31.2 Å². The number of nitrogens with zero attached hydrogens (tertiary/aromatic N) is 1. The minimum absolute atomic E-state index is 0.147. The van der Waals surface area contributed by atoms with Gasteiger partial charge in [-0.1, -0.05) is 6.92 Å². The molecule has 2 atom stereocenters. The molecule has 1 aromatic rings. The number of oxazole rings is 1. The van der Waals surface area contributed by atoms with Crippen LogP contribution in [0.2, 0.25) is 0 Å². The Kier molecular flexibility index (Phi) is 4.01. The second-order valence-electron chi connectivity index (χ2n) is 4.48. The third kappa shape index (κ3) is 2.56. The standard InChI is InChI=1S/C13H19NO4/c1-4-10-11(13(15)16-5-2)18-12(14-10)9-6-8(3)17-7-9/h8-9H,4-7H2,1-3H3. The van der Waals surface area contributed by atoms with Gasteiger partial charge in [0.25, 0.3) is 0 Å². The van der Waals surface area contributed by atoms with Crippen LogP contribution in [0.25, 0.3) is 0 Å². The van der Waals surface area contributed by atoms with Gasteiger partial charge in [-0.2, -0.15) is 0 Å². The van der Waals surface area contributed by atoms with Crippen molar-refractivity contribution in [2.75, 3.05) is 13.2 Å². The zero-order chi connectivity index (χ0) is 13.1. The van der Waals surface area contributed by atoms with E-state index in [2.05, 4.69) is 4.98 Å². The van der Waals surface area contributed by atoms with E-state index >= 15 is 0 Å². The molecule has 0 radical (unpaired) electrons. The van der Waals surface area contributed by atoms with E-state index in [-0.39, 0.29) is 17.8 Å². The van der Waals surface area contributed by atoms with Crippen molar-refractivity contribution in [3.8, 4) is 0 Å². The number of rotatable bonds is 4. The molecule has 2 unspecified atom stereocenters. The molecule has 1 aliphatic heterocycles. The first-order valence-electron chi connectivity index (χ1n) is 6.44. The van der Waals surface area contributed by atoms with Gasteiger partial charge < -0.3 is 13.9 Å². The van der Waals surface area contributed by atoms with Crippen molar-refractivity contribution < 1.29 is 18.7 Å². The van der Waals surface area contributed by atoms with Crippen LogP contribution in [0.3, 0.4) is 0 Å². The third-order valence-corrected chi connectivity index (χ3v) is 3.06. The maximum atomic E-state index is 11.7. The fourth-order valence-electron chi connectivity index (χ4n) is 2.13. The Hall–Kier alpha value is -1.36. The summed E-state index contributed by atoms with van der Waals surface area (Å²) in [5, 5.41) is 0. The first-order chi connectivity index (χ1) is 8.65. The second-order valence-corrected chi connectivity index (χ2v) is 4.48. The van der Waals surface area contributed by atoms with Crippen molar-refractivity contribution in [1.29, 1.82) is 0 Å². The highest BCUT2D eigenvalue weighted by Crippen LogP contribution is 2.30. The Labute approximate surface area is 106 Å². The van der Waals surface area contributed by atoms with Crippen molar-refractivity contribution in [3.05, 3.63) is 17.3 Å². The zero-order valence-corrected chi connectivity index (χ0v) is 11.1. The lowest BCUT2D eigenvalue weighted by Gasteiger charge is -2.01. The lowest BCUT2D eigenvalue weighted by molar-refractivity contribution is 0.0485. The lowest BCUT2D eigenvalue weighted by Crippen LogP contribution is -2.05. The van der Waals surface area contributed by atoms with E-state index in [9.17, 15) is 4.79 Å². The van der Waals surface area contributed by atoms with Gasteiger partial charge in [-0.15, -0.1) is 0 Å². The number of esters is 1. The Bertz CT molecular complexity index is 427. The van der Waals surface area contributed by atoms with Crippen LogP contribution >= 0.6 is 0 Å².